The minimum absolute atomic E-state index is 0.136. The Bertz CT molecular complexity index is 303. The molecule has 0 saturated heterocycles. The van der Waals surface area contributed by atoms with Gasteiger partial charge in [-0.2, -0.15) is 0 Å². The van der Waals surface area contributed by atoms with Crippen molar-refractivity contribution < 1.29 is 0 Å². The lowest BCUT2D eigenvalue weighted by atomic mass is 10.3. The molecule has 0 fully saturated rings. The molecular weight excluding hydrogens is 142 g/mol. The van der Waals surface area contributed by atoms with Gasteiger partial charge in [0, 0.05) is 26.4 Å². The lowest BCUT2D eigenvalue weighted by Gasteiger charge is -2.13. The number of hydrogen-bond acceptors (Lipinski definition) is 3. The number of pyridine rings is 1. The smallest absolute Gasteiger partial charge is 0.250 e. The predicted molar refractivity (Wildman–Crippen MR) is 45.8 cm³/mol. The second-order valence-electron chi connectivity index (χ2n) is 2.53. The van der Waals surface area contributed by atoms with Crippen LogP contribution in [0.25, 0.3) is 0 Å². The summed E-state index contributed by atoms with van der Waals surface area (Å²) >= 11 is 0. The lowest BCUT2D eigenvalue weighted by Crippen LogP contribution is -2.15. The molecule has 0 unspecified atom stereocenters. The summed E-state index contributed by atoms with van der Waals surface area (Å²) in [7, 11) is 3.68. The normalized spacial score (nSPS) is 9.64. The Morgan fingerprint density at radius 1 is 1.55 bits per heavy atom. The molecule has 0 saturated carbocycles. The molecule has 0 aromatic carbocycles. The van der Waals surface area contributed by atoms with Gasteiger partial charge in [-0.1, -0.05) is 0 Å². The molecule has 60 valence electrons. The number of nitrogens with zero attached hydrogens (tertiary/aromatic N) is 1. The Balaban J connectivity index is 3.23. The maximum absolute atomic E-state index is 10.8. The van der Waals surface area contributed by atoms with Gasteiger partial charge in [-0.25, -0.2) is 0 Å². The molecule has 4 nitrogen and oxygen atoms in total. The van der Waals surface area contributed by atoms with Crippen molar-refractivity contribution in [1.29, 1.82) is 0 Å². The van der Waals surface area contributed by atoms with Crippen LogP contribution in [0.4, 0.5) is 11.4 Å². The Morgan fingerprint density at radius 3 is 2.64 bits per heavy atom. The minimum Gasteiger partial charge on any atom is -0.396 e. The minimum atomic E-state index is -0.136. The molecule has 0 aliphatic heterocycles. The van der Waals surface area contributed by atoms with Crippen molar-refractivity contribution in [3.05, 3.63) is 22.6 Å². The fraction of sp³-hybridized carbons (Fsp3) is 0.286. The van der Waals surface area contributed by atoms with Crippen molar-refractivity contribution >= 4 is 11.4 Å². The highest BCUT2D eigenvalue weighted by Gasteiger charge is 2.00. The van der Waals surface area contributed by atoms with Crippen LogP contribution in [0, 0.1) is 0 Å². The fourth-order valence-corrected chi connectivity index (χ4v) is 0.859. The van der Waals surface area contributed by atoms with Crippen molar-refractivity contribution in [3.8, 4) is 0 Å². The molecule has 1 rings (SSSR count). The van der Waals surface area contributed by atoms with Crippen molar-refractivity contribution in [1.82, 2.24) is 4.98 Å². The molecule has 4 heteroatoms. The molecule has 0 amide bonds. The summed E-state index contributed by atoms with van der Waals surface area (Å²) in [5.74, 6) is 0. The van der Waals surface area contributed by atoms with Crippen LogP contribution in [-0.4, -0.2) is 19.1 Å². The molecule has 0 spiro atoms. The number of nitrogens with one attached hydrogen (secondary N) is 1. The van der Waals surface area contributed by atoms with Gasteiger partial charge < -0.3 is 15.6 Å². The first-order chi connectivity index (χ1) is 5.11. The topological polar surface area (TPSA) is 62.1 Å². The highest BCUT2D eigenvalue weighted by atomic mass is 16.1. The van der Waals surface area contributed by atoms with E-state index < -0.39 is 0 Å². The highest BCUT2D eigenvalue weighted by Crippen LogP contribution is 2.15. The van der Waals surface area contributed by atoms with Crippen LogP contribution in [-0.2, 0) is 0 Å². The summed E-state index contributed by atoms with van der Waals surface area (Å²) < 4.78 is 0. The van der Waals surface area contributed by atoms with Gasteiger partial charge in [0.2, 0.25) is 5.56 Å². The zero-order chi connectivity index (χ0) is 8.43. The van der Waals surface area contributed by atoms with E-state index >= 15 is 0 Å². The molecule has 1 aromatic rings. The van der Waals surface area contributed by atoms with Gasteiger partial charge in [0.15, 0.2) is 0 Å². The average molecular weight is 153 g/mol. The van der Waals surface area contributed by atoms with E-state index in [0.717, 1.165) is 5.69 Å². The zero-order valence-electron chi connectivity index (χ0n) is 6.59. The summed E-state index contributed by atoms with van der Waals surface area (Å²) in [5, 5.41) is 0. The van der Waals surface area contributed by atoms with Gasteiger partial charge in [0.05, 0.1) is 11.4 Å². The maximum Gasteiger partial charge on any atom is 0.250 e. The van der Waals surface area contributed by atoms with Crippen LogP contribution < -0.4 is 16.2 Å². The Hall–Kier alpha value is -1.45. The molecule has 0 aliphatic carbocycles. The van der Waals surface area contributed by atoms with E-state index in [-0.39, 0.29) is 5.56 Å². The Labute approximate surface area is 64.6 Å². The van der Waals surface area contributed by atoms with Crippen LogP contribution in [0.1, 0.15) is 0 Å². The third kappa shape index (κ3) is 1.52. The number of aromatic amines is 1. The summed E-state index contributed by atoms with van der Waals surface area (Å²) in [6.45, 7) is 0. The SMILES string of the molecule is CN(C)c1cc(=O)[nH]cc1N. The number of nitrogen functional groups attached to an aromatic ring is 1. The van der Waals surface area contributed by atoms with Crippen molar-refractivity contribution in [2.75, 3.05) is 24.7 Å². The van der Waals surface area contributed by atoms with Crippen molar-refractivity contribution in [2.45, 2.75) is 0 Å². The third-order valence-electron chi connectivity index (χ3n) is 1.42. The van der Waals surface area contributed by atoms with Crippen molar-refractivity contribution in [2.24, 2.45) is 0 Å². The van der Waals surface area contributed by atoms with E-state index in [2.05, 4.69) is 4.98 Å². The van der Waals surface area contributed by atoms with E-state index in [1.54, 1.807) is 4.90 Å². The number of rotatable bonds is 1. The first kappa shape index (κ1) is 7.65. The zero-order valence-corrected chi connectivity index (χ0v) is 6.59. The Kier molecular flexibility index (Phi) is 1.85. The number of nitrogens with two attached hydrogens (primary N) is 1. The van der Waals surface area contributed by atoms with Crippen LogP contribution >= 0.6 is 0 Å². The summed E-state index contributed by atoms with van der Waals surface area (Å²) in [5.41, 5.74) is 6.76. The van der Waals surface area contributed by atoms with E-state index in [1.165, 1.54) is 12.3 Å². The first-order valence-corrected chi connectivity index (χ1v) is 3.27. The number of aromatic nitrogens is 1. The predicted octanol–water partition coefficient (Wildman–Crippen LogP) is 0.0231. The molecule has 1 heterocycles. The van der Waals surface area contributed by atoms with E-state index in [0.29, 0.717) is 5.69 Å². The van der Waals surface area contributed by atoms with Gasteiger partial charge in [-0.05, 0) is 0 Å². The van der Waals surface area contributed by atoms with E-state index in [4.69, 9.17) is 5.73 Å². The fourth-order valence-electron chi connectivity index (χ4n) is 0.859. The van der Waals surface area contributed by atoms with Gasteiger partial charge in [0.25, 0.3) is 0 Å². The molecule has 0 radical (unpaired) electrons. The maximum atomic E-state index is 10.8. The molecule has 11 heavy (non-hydrogen) atoms. The number of H-pyrrole nitrogens is 1. The summed E-state index contributed by atoms with van der Waals surface area (Å²) in [6.07, 6.45) is 1.50. The largest absolute Gasteiger partial charge is 0.396 e. The van der Waals surface area contributed by atoms with Gasteiger partial charge >= 0.3 is 0 Å². The van der Waals surface area contributed by atoms with Crippen LogP contribution in [0.2, 0.25) is 0 Å². The average Bonchev–Trinajstić information content (AvgIpc) is 1.94. The highest BCUT2D eigenvalue weighted by molar-refractivity contribution is 5.64. The van der Waals surface area contributed by atoms with Crippen molar-refractivity contribution in [3.63, 3.8) is 0 Å². The standard InChI is InChI=1S/C7H11N3O/c1-10(2)6-3-7(11)9-4-5(6)8/h3-4H,8H2,1-2H3,(H,9,11). The number of anilines is 2. The quantitative estimate of drug-likeness (QED) is 0.598. The second kappa shape index (κ2) is 2.65. The molecule has 0 aliphatic rings. The van der Waals surface area contributed by atoms with Crippen LogP contribution in [0.5, 0.6) is 0 Å². The summed E-state index contributed by atoms with van der Waals surface area (Å²) in [4.78, 5) is 15.1. The van der Waals surface area contributed by atoms with Gasteiger partial charge in [0.1, 0.15) is 0 Å². The monoisotopic (exact) mass is 153 g/mol. The lowest BCUT2D eigenvalue weighted by molar-refractivity contribution is 1.11. The summed E-state index contributed by atoms with van der Waals surface area (Å²) in [6, 6.07) is 1.47. The molecular formula is C7H11N3O. The van der Waals surface area contributed by atoms with E-state index in [1.807, 2.05) is 14.1 Å². The van der Waals surface area contributed by atoms with Gasteiger partial charge in [-0.15, -0.1) is 0 Å². The third-order valence-corrected chi connectivity index (χ3v) is 1.42. The molecule has 0 bridgehead atoms. The second-order valence-corrected chi connectivity index (χ2v) is 2.53. The number of hydrogen-bond donors (Lipinski definition) is 2. The Morgan fingerprint density at radius 2 is 2.18 bits per heavy atom. The van der Waals surface area contributed by atoms with Gasteiger partial charge in [-0.3, -0.25) is 4.79 Å². The van der Waals surface area contributed by atoms with Crippen LogP contribution in [0.3, 0.4) is 0 Å². The first-order valence-electron chi connectivity index (χ1n) is 3.27. The molecule has 1 aromatic heterocycles. The van der Waals surface area contributed by atoms with Crippen LogP contribution in [0.15, 0.2) is 17.1 Å². The van der Waals surface area contributed by atoms with E-state index in [9.17, 15) is 4.79 Å². The molecule has 0 atom stereocenters. The molecule has 3 N–H and O–H groups in total.